The van der Waals surface area contributed by atoms with Gasteiger partial charge < -0.3 is 9.47 Å². The van der Waals surface area contributed by atoms with Gasteiger partial charge in [-0.05, 0) is 19.8 Å². The van der Waals surface area contributed by atoms with Crippen LogP contribution in [0.5, 0.6) is 0 Å². The molecule has 1 fully saturated rings. The molecule has 1 saturated heterocycles. The maximum absolute atomic E-state index is 4.84. The number of piperidine rings is 1. The molecule has 1 aromatic carbocycles. The Bertz CT molecular complexity index is 1090. The second-order valence-electron chi connectivity index (χ2n) is 7.00. The number of aromatic nitrogens is 6. The SMILES string of the molecule is CCn1cnc2ncc(N3CCCC(c4nnc(-c5ccccc5)s4)C3)nc21. The fraction of sp³-hybridized carbons (Fsp3) is 0.350. The molecule has 5 rings (SSSR count). The summed E-state index contributed by atoms with van der Waals surface area (Å²) in [5, 5.41) is 11.0. The fourth-order valence-electron chi connectivity index (χ4n) is 3.69. The monoisotopic (exact) mass is 391 g/mol. The third-order valence-corrected chi connectivity index (χ3v) is 6.35. The third-order valence-electron chi connectivity index (χ3n) is 5.21. The summed E-state index contributed by atoms with van der Waals surface area (Å²) in [6.45, 7) is 4.81. The fourth-order valence-corrected chi connectivity index (χ4v) is 4.67. The minimum Gasteiger partial charge on any atom is -0.355 e. The molecule has 0 radical (unpaired) electrons. The van der Waals surface area contributed by atoms with E-state index in [4.69, 9.17) is 4.98 Å². The normalized spacial score (nSPS) is 17.3. The highest BCUT2D eigenvalue weighted by Crippen LogP contribution is 2.33. The van der Waals surface area contributed by atoms with Gasteiger partial charge in [0.2, 0.25) is 0 Å². The summed E-state index contributed by atoms with van der Waals surface area (Å²) in [6.07, 6.45) is 5.88. The van der Waals surface area contributed by atoms with Crippen molar-refractivity contribution in [3.63, 3.8) is 0 Å². The standard InChI is InChI=1S/C20H21N7S/c1-2-26-13-22-17-18(26)23-16(11-21-17)27-10-6-9-15(12-27)20-25-24-19(28-20)14-7-4-3-5-8-14/h3-5,7-8,11,13,15H,2,6,9-10,12H2,1H3. The second-order valence-corrected chi connectivity index (χ2v) is 8.01. The summed E-state index contributed by atoms with van der Waals surface area (Å²) in [4.78, 5) is 16.0. The molecule has 4 heterocycles. The summed E-state index contributed by atoms with van der Waals surface area (Å²) in [7, 11) is 0. The Morgan fingerprint density at radius 2 is 2.04 bits per heavy atom. The molecule has 0 bridgehead atoms. The van der Waals surface area contributed by atoms with Crippen LogP contribution < -0.4 is 4.90 Å². The molecular formula is C20H21N7S. The number of imidazole rings is 1. The van der Waals surface area contributed by atoms with Crippen molar-refractivity contribution in [1.82, 2.24) is 29.7 Å². The summed E-state index contributed by atoms with van der Waals surface area (Å²) >= 11 is 1.70. The molecule has 1 aliphatic heterocycles. The zero-order chi connectivity index (χ0) is 18.9. The van der Waals surface area contributed by atoms with Crippen molar-refractivity contribution in [2.24, 2.45) is 0 Å². The van der Waals surface area contributed by atoms with Crippen molar-refractivity contribution >= 4 is 28.4 Å². The predicted octanol–water partition coefficient (Wildman–Crippen LogP) is 3.75. The van der Waals surface area contributed by atoms with Gasteiger partial charge in [0.1, 0.15) is 15.8 Å². The van der Waals surface area contributed by atoms with Gasteiger partial charge in [-0.1, -0.05) is 41.7 Å². The number of hydrogen-bond donors (Lipinski definition) is 0. The number of hydrogen-bond acceptors (Lipinski definition) is 7. The minimum atomic E-state index is 0.372. The van der Waals surface area contributed by atoms with Crippen LogP contribution in [0.3, 0.4) is 0 Å². The Labute approximate surface area is 167 Å². The van der Waals surface area contributed by atoms with Crippen LogP contribution >= 0.6 is 11.3 Å². The van der Waals surface area contributed by atoms with Crippen molar-refractivity contribution in [1.29, 1.82) is 0 Å². The molecule has 0 amide bonds. The van der Waals surface area contributed by atoms with E-state index < -0.39 is 0 Å². The molecule has 1 aliphatic rings. The highest BCUT2D eigenvalue weighted by Gasteiger charge is 2.26. The van der Waals surface area contributed by atoms with Crippen LogP contribution in [0.2, 0.25) is 0 Å². The molecule has 0 aliphatic carbocycles. The largest absolute Gasteiger partial charge is 0.355 e. The van der Waals surface area contributed by atoms with Gasteiger partial charge in [0.05, 0.1) is 12.5 Å². The molecule has 7 nitrogen and oxygen atoms in total. The highest BCUT2D eigenvalue weighted by molar-refractivity contribution is 7.14. The van der Waals surface area contributed by atoms with Gasteiger partial charge in [-0.25, -0.2) is 15.0 Å². The topological polar surface area (TPSA) is 72.6 Å². The highest BCUT2D eigenvalue weighted by atomic mass is 32.1. The maximum Gasteiger partial charge on any atom is 0.197 e. The van der Waals surface area contributed by atoms with E-state index in [1.165, 1.54) is 0 Å². The molecule has 142 valence electrons. The molecule has 0 spiro atoms. The number of anilines is 1. The Morgan fingerprint density at radius 1 is 1.14 bits per heavy atom. The van der Waals surface area contributed by atoms with Crippen molar-refractivity contribution in [3.8, 4) is 10.6 Å². The van der Waals surface area contributed by atoms with E-state index in [1.807, 2.05) is 29.0 Å². The average molecular weight is 392 g/mol. The average Bonchev–Trinajstić information content (AvgIpc) is 3.41. The lowest BCUT2D eigenvalue weighted by Crippen LogP contribution is -2.35. The van der Waals surface area contributed by atoms with Gasteiger partial charge >= 0.3 is 0 Å². The van der Waals surface area contributed by atoms with Crippen LogP contribution in [0.4, 0.5) is 5.82 Å². The Balaban J connectivity index is 1.39. The van der Waals surface area contributed by atoms with E-state index in [-0.39, 0.29) is 0 Å². The van der Waals surface area contributed by atoms with Gasteiger partial charge in [0.25, 0.3) is 0 Å². The predicted molar refractivity (Wildman–Crippen MR) is 111 cm³/mol. The molecule has 0 N–H and O–H groups in total. The first-order chi connectivity index (χ1) is 13.8. The number of benzene rings is 1. The van der Waals surface area contributed by atoms with E-state index >= 15 is 0 Å². The molecule has 28 heavy (non-hydrogen) atoms. The Morgan fingerprint density at radius 3 is 2.89 bits per heavy atom. The van der Waals surface area contributed by atoms with Crippen LogP contribution in [0, 0.1) is 0 Å². The number of nitrogens with zero attached hydrogens (tertiary/aromatic N) is 7. The van der Waals surface area contributed by atoms with E-state index in [2.05, 4.69) is 44.1 Å². The molecule has 3 aromatic heterocycles. The Kier molecular flexibility index (Phi) is 4.48. The van der Waals surface area contributed by atoms with E-state index in [0.29, 0.717) is 11.6 Å². The minimum absolute atomic E-state index is 0.372. The van der Waals surface area contributed by atoms with Crippen LogP contribution in [-0.2, 0) is 6.54 Å². The van der Waals surface area contributed by atoms with Crippen LogP contribution in [-0.4, -0.2) is 42.8 Å². The third kappa shape index (κ3) is 3.13. The number of fused-ring (bicyclic) bond motifs is 1. The maximum atomic E-state index is 4.84. The van der Waals surface area contributed by atoms with E-state index in [9.17, 15) is 0 Å². The molecule has 0 saturated carbocycles. The van der Waals surface area contributed by atoms with Gasteiger partial charge in [-0.15, -0.1) is 10.2 Å². The zero-order valence-corrected chi connectivity index (χ0v) is 16.5. The smallest absolute Gasteiger partial charge is 0.197 e. The first-order valence-corrected chi connectivity index (χ1v) is 10.4. The summed E-state index contributed by atoms with van der Waals surface area (Å²) in [5.74, 6) is 1.29. The molecule has 4 aromatic rings. The van der Waals surface area contributed by atoms with Crippen molar-refractivity contribution in [2.75, 3.05) is 18.0 Å². The van der Waals surface area contributed by atoms with Crippen LogP contribution in [0.1, 0.15) is 30.7 Å². The number of rotatable bonds is 4. The van der Waals surface area contributed by atoms with Crippen molar-refractivity contribution in [2.45, 2.75) is 32.2 Å². The quantitative estimate of drug-likeness (QED) is 0.528. The molecular weight excluding hydrogens is 370 g/mol. The van der Waals surface area contributed by atoms with Crippen molar-refractivity contribution in [3.05, 3.63) is 47.9 Å². The lowest BCUT2D eigenvalue weighted by Gasteiger charge is -2.32. The second kappa shape index (κ2) is 7.27. The first-order valence-electron chi connectivity index (χ1n) is 9.63. The summed E-state index contributed by atoms with van der Waals surface area (Å²) < 4.78 is 2.03. The van der Waals surface area contributed by atoms with E-state index in [0.717, 1.165) is 59.5 Å². The Hall–Kier alpha value is -2.87. The van der Waals surface area contributed by atoms with Gasteiger partial charge in [0.15, 0.2) is 11.3 Å². The van der Waals surface area contributed by atoms with Crippen molar-refractivity contribution < 1.29 is 0 Å². The van der Waals surface area contributed by atoms with Gasteiger partial charge in [-0.2, -0.15) is 0 Å². The lowest BCUT2D eigenvalue weighted by molar-refractivity contribution is 0.503. The molecule has 1 atom stereocenters. The zero-order valence-electron chi connectivity index (χ0n) is 15.7. The lowest BCUT2D eigenvalue weighted by atomic mass is 9.99. The molecule has 1 unspecified atom stereocenters. The van der Waals surface area contributed by atoms with Gasteiger partial charge in [0, 0.05) is 31.1 Å². The molecule has 8 heteroatoms. The van der Waals surface area contributed by atoms with Crippen LogP contribution in [0.25, 0.3) is 21.9 Å². The first kappa shape index (κ1) is 17.2. The number of aryl methyl sites for hydroxylation is 1. The summed E-state index contributed by atoms with van der Waals surface area (Å²) in [5.41, 5.74) is 2.68. The van der Waals surface area contributed by atoms with E-state index in [1.54, 1.807) is 17.7 Å². The van der Waals surface area contributed by atoms with Gasteiger partial charge in [-0.3, -0.25) is 0 Å². The van der Waals surface area contributed by atoms with Crippen LogP contribution in [0.15, 0.2) is 42.9 Å². The summed E-state index contributed by atoms with van der Waals surface area (Å²) in [6, 6.07) is 10.3.